The molecule has 3 nitrogen and oxygen atoms in total. The lowest BCUT2D eigenvalue weighted by molar-refractivity contribution is -0.0000416. The third kappa shape index (κ3) is 3.13. The molecule has 1 heterocycles. The Morgan fingerprint density at radius 1 is 1.54 bits per heavy atom. The van der Waals surface area contributed by atoms with Gasteiger partial charge in [0.2, 0.25) is 0 Å². The zero-order valence-electron chi connectivity index (χ0n) is 7.97. The van der Waals surface area contributed by atoms with Crippen molar-refractivity contribution < 1.29 is 9.84 Å². The summed E-state index contributed by atoms with van der Waals surface area (Å²) in [7, 11) is 1.59. The van der Waals surface area contributed by atoms with Gasteiger partial charge in [-0.25, -0.2) is 0 Å². The molecule has 1 aromatic rings. The van der Waals surface area contributed by atoms with Crippen LogP contribution in [0.4, 0.5) is 0 Å². The largest absolute Gasteiger partial charge is 0.390 e. The first-order valence-electron chi connectivity index (χ1n) is 4.35. The van der Waals surface area contributed by atoms with Gasteiger partial charge in [-0.15, -0.1) is 0 Å². The summed E-state index contributed by atoms with van der Waals surface area (Å²) < 4.78 is 5.01. The fraction of sp³-hybridized carbons (Fsp3) is 0.500. The molecule has 0 aliphatic rings. The van der Waals surface area contributed by atoms with Crippen LogP contribution in [0.2, 0.25) is 0 Å². The second-order valence-electron chi connectivity index (χ2n) is 3.03. The molecule has 0 aliphatic heterocycles. The van der Waals surface area contributed by atoms with Crippen LogP contribution >= 0.6 is 0 Å². The van der Waals surface area contributed by atoms with Gasteiger partial charge in [0.15, 0.2) is 0 Å². The maximum atomic E-state index is 9.61. The molecule has 2 atom stereocenters. The van der Waals surface area contributed by atoms with Gasteiger partial charge in [-0.2, -0.15) is 0 Å². The Labute approximate surface area is 78.4 Å². The number of ether oxygens (including phenoxy) is 1. The highest BCUT2D eigenvalue weighted by Crippen LogP contribution is 2.04. The lowest BCUT2D eigenvalue weighted by Crippen LogP contribution is -2.27. The molecule has 0 amide bonds. The molecule has 0 bridgehead atoms. The Bertz CT molecular complexity index is 238. The summed E-state index contributed by atoms with van der Waals surface area (Å²) in [4.78, 5) is 4.12. The van der Waals surface area contributed by atoms with Gasteiger partial charge in [0.1, 0.15) is 0 Å². The van der Waals surface area contributed by atoms with Gasteiger partial charge >= 0.3 is 0 Å². The predicted molar refractivity (Wildman–Crippen MR) is 50.4 cm³/mol. The zero-order valence-corrected chi connectivity index (χ0v) is 7.97. The molecule has 1 aromatic heterocycles. The Morgan fingerprint density at radius 2 is 2.31 bits per heavy atom. The normalized spacial score (nSPS) is 15.3. The van der Waals surface area contributed by atoms with E-state index in [1.165, 1.54) is 0 Å². The van der Waals surface area contributed by atoms with Crippen molar-refractivity contribution in [1.82, 2.24) is 4.98 Å². The van der Waals surface area contributed by atoms with Crippen molar-refractivity contribution >= 4 is 0 Å². The van der Waals surface area contributed by atoms with Gasteiger partial charge < -0.3 is 9.84 Å². The number of hydrogen-bond acceptors (Lipinski definition) is 3. The highest BCUT2D eigenvalue weighted by Gasteiger charge is 2.13. The number of nitrogens with zero attached hydrogens (tertiary/aromatic N) is 1. The highest BCUT2D eigenvalue weighted by atomic mass is 16.5. The molecule has 0 spiro atoms. The molecule has 0 saturated carbocycles. The van der Waals surface area contributed by atoms with Crippen molar-refractivity contribution in [1.29, 1.82) is 0 Å². The number of hydrogen-bond donors (Lipinski definition) is 1. The van der Waals surface area contributed by atoms with E-state index in [0.29, 0.717) is 6.42 Å². The van der Waals surface area contributed by atoms with E-state index < -0.39 is 6.10 Å². The molecular weight excluding hydrogens is 166 g/mol. The molecule has 0 fully saturated rings. The fourth-order valence-corrected chi connectivity index (χ4v) is 1.06. The van der Waals surface area contributed by atoms with Crippen LogP contribution in [0.15, 0.2) is 24.4 Å². The molecule has 1 rings (SSSR count). The quantitative estimate of drug-likeness (QED) is 0.754. The second-order valence-corrected chi connectivity index (χ2v) is 3.03. The first kappa shape index (κ1) is 10.2. The standard InChI is InChI=1S/C10H15NO2/c1-8(13-2)10(12)7-9-5-3-4-6-11-9/h3-6,8,10,12H,7H2,1-2H3. The van der Waals surface area contributed by atoms with E-state index in [1.54, 1.807) is 13.3 Å². The lowest BCUT2D eigenvalue weighted by Gasteiger charge is -2.16. The van der Waals surface area contributed by atoms with Crippen LogP contribution < -0.4 is 0 Å². The van der Waals surface area contributed by atoms with E-state index in [9.17, 15) is 5.11 Å². The molecule has 0 aliphatic carbocycles. The van der Waals surface area contributed by atoms with E-state index in [1.807, 2.05) is 25.1 Å². The minimum atomic E-state index is -0.486. The van der Waals surface area contributed by atoms with Crippen molar-refractivity contribution in [2.75, 3.05) is 7.11 Å². The average Bonchev–Trinajstić information content (AvgIpc) is 2.18. The second kappa shape index (κ2) is 4.94. The van der Waals surface area contributed by atoms with Crippen molar-refractivity contribution in [2.24, 2.45) is 0 Å². The van der Waals surface area contributed by atoms with Gasteiger partial charge in [0, 0.05) is 25.4 Å². The first-order chi connectivity index (χ1) is 6.24. The van der Waals surface area contributed by atoms with Crippen molar-refractivity contribution in [3.05, 3.63) is 30.1 Å². The predicted octanol–water partition coefficient (Wildman–Crippen LogP) is 1.02. The van der Waals surface area contributed by atoms with Crippen molar-refractivity contribution in [3.63, 3.8) is 0 Å². The van der Waals surface area contributed by atoms with E-state index >= 15 is 0 Å². The molecule has 0 radical (unpaired) electrons. The smallest absolute Gasteiger partial charge is 0.0854 e. The van der Waals surface area contributed by atoms with E-state index in [0.717, 1.165) is 5.69 Å². The van der Waals surface area contributed by atoms with Crippen molar-refractivity contribution in [2.45, 2.75) is 25.6 Å². The third-order valence-electron chi connectivity index (χ3n) is 2.06. The summed E-state index contributed by atoms with van der Waals surface area (Å²) in [5.74, 6) is 0. The van der Waals surface area contributed by atoms with Crippen LogP contribution in [-0.2, 0) is 11.2 Å². The van der Waals surface area contributed by atoms with Crippen LogP contribution in [-0.4, -0.2) is 29.4 Å². The van der Waals surface area contributed by atoms with Crippen LogP contribution in [0.1, 0.15) is 12.6 Å². The number of methoxy groups -OCH3 is 1. The van der Waals surface area contributed by atoms with Gasteiger partial charge in [-0.3, -0.25) is 4.98 Å². The van der Waals surface area contributed by atoms with Gasteiger partial charge in [-0.05, 0) is 19.1 Å². The Kier molecular flexibility index (Phi) is 3.86. The maximum Gasteiger partial charge on any atom is 0.0854 e. The molecule has 72 valence electrons. The zero-order chi connectivity index (χ0) is 9.68. The minimum Gasteiger partial charge on any atom is -0.390 e. The minimum absolute atomic E-state index is 0.151. The Hall–Kier alpha value is -0.930. The van der Waals surface area contributed by atoms with Gasteiger partial charge in [0.25, 0.3) is 0 Å². The Morgan fingerprint density at radius 3 is 2.85 bits per heavy atom. The third-order valence-corrected chi connectivity index (χ3v) is 2.06. The summed E-state index contributed by atoms with van der Waals surface area (Å²) in [6.45, 7) is 1.84. The van der Waals surface area contributed by atoms with E-state index in [4.69, 9.17) is 4.74 Å². The van der Waals surface area contributed by atoms with Crippen LogP contribution in [0, 0.1) is 0 Å². The molecule has 0 aromatic carbocycles. The molecule has 3 heteroatoms. The van der Waals surface area contributed by atoms with Gasteiger partial charge in [-0.1, -0.05) is 6.07 Å². The summed E-state index contributed by atoms with van der Waals surface area (Å²) in [6, 6.07) is 5.66. The van der Waals surface area contributed by atoms with Gasteiger partial charge in [0.05, 0.1) is 12.2 Å². The number of aromatic nitrogens is 1. The average molecular weight is 181 g/mol. The van der Waals surface area contributed by atoms with E-state index in [-0.39, 0.29) is 6.10 Å². The molecule has 13 heavy (non-hydrogen) atoms. The molecule has 2 unspecified atom stereocenters. The topological polar surface area (TPSA) is 42.4 Å². The van der Waals surface area contributed by atoms with Crippen LogP contribution in [0.3, 0.4) is 0 Å². The van der Waals surface area contributed by atoms with E-state index in [2.05, 4.69) is 4.98 Å². The summed E-state index contributed by atoms with van der Waals surface area (Å²) in [5.41, 5.74) is 0.888. The van der Waals surface area contributed by atoms with Crippen LogP contribution in [0.25, 0.3) is 0 Å². The lowest BCUT2D eigenvalue weighted by atomic mass is 10.1. The molecule has 0 saturated heterocycles. The highest BCUT2D eigenvalue weighted by molar-refractivity contribution is 5.04. The molecule has 1 N–H and O–H groups in total. The fourth-order valence-electron chi connectivity index (χ4n) is 1.06. The Balaban J connectivity index is 2.50. The van der Waals surface area contributed by atoms with Crippen LogP contribution in [0.5, 0.6) is 0 Å². The number of rotatable bonds is 4. The van der Waals surface area contributed by atoms with Crippen molar-refractivity contribution in [3.8, 4) is 0 Å². The summed E-state index contributed by atoms with van der Waals surface area (Å²) >= 11 is 0. The summed E-state index contributed by atoms with van der Waals surface area (Å²) in [5, 5.41) is 9.61. The number of aliphatic hydroxyl groups is 1. The number of aliphatic hydroxyl groups excluding tert-OH is 1. The molecular formula is C10H15NO2. The first-order valence-corrected chi connectivity index (χ1v) is 4.35. The maximum absolute atomic E-state index is 9.61. The monoisotopic (exact) mass is 181 g/mol. The summed E-state index contributed by atoms with van der Waals surface area (Å²) in [6.07, 6.45) is 1.62. The number of pyridine rings is 1. The SMILES string of the molecule is COC(C)C(O)Cc1ccccn1.